The maximum absolute atomic E-state index is 13.0. The van der Waals surface area contributed by atoms with Crippen molar-refractivity contribution in [3.63, 3.8) is 0 Å². The molecule has 0 bridgehead atoms. The summed E-state index contributed by atoms with van der Waals surface area (Å²) >= 11 is 0. The first-order valence-electron chi connectivity index (χ1n) is 8.71. The molecule has 27 heavy (non-hydrogen) atoms. The third-order valence-electron chi connectivity index (χ3n) is 3.91. The predicted molar refractivity (Wildman–Crippen MR) is 98.0 cm³/mol. The lowest BCUT2D eigenvalue weighted by Gasteiger charge is -2.35. The first-order valence-corrected chi connectivity index (χ1v) is 8.71. The lowest BCUT2D eigenvalue weighted by atomic mass is 10.1. The van der Waals surface area contributed by atoms with Gasteiger partial charge in [-0.2, -0.15) is 0 Å². The summed E-state index contributed by atoms with van der Waals surface area (Å²) in [6.45, 7) is 3.64. The summed E-state index contributed by atoms with van der Waals surface area (Å²) in [5.41, 5.74) is 0.760. The summed E-state index contributed by atoms with van der Waals surface area (Å²) in [5, 5.41) is 5.17. The van der Waals surface area contributed by atoms with Crippen molar-refractivity contribution in [2.45, 2.75) is 26.3 Å². The highest BCUT2D eigenvalue weighted by molar-refractivity contribution is 6.03. The van der Waals surface area contributed by atoms with Gasteiger partial charge in [0.1, 0.15) is 11.7 Å². The van der Waals surface area contributed by atoms with E-state index in [2.05, 4.69) is 10.6 Å². The van der Waals surface area contributed by atoms with Gasteiger partial charge in [-0.1, -0.05) is 30.3 Å². The molecule has 8 heteroatoms. The van der Waals surface area contributed by atoms with Crippen LogP contribution in [0, 0.1) is 0 Å². The molecule has 1 atom stereocenters. The molecule has 1 heterocycles. The van der Waals surface area contributed by atoms with Gasteiger partial charge in [0.15, 0.2) is 0 Å². The van der Waals surface area contributed by atoms with Gasteiger partial charge in [-0.05, 0) is 18.6 Å². The Morgan fingerprint density at radius 1 is 1.30 bits per heavy atom. The number of esters is 1. The Balaban J connectivity index is 2.30. The van der Waals surface area contributed by atoms with Crippen molar-refractivity contribution in [1.29, 1.82) is 0 Å². The van der Waals surface area contributed by atoms with Crippen molar-refractivity contribution < 1.29 is 23.9 Å². The SMILES string of the molecule is CCOC(=O)CC1C(=O)NCCN1C(=O)/C(=C/c1ccccc1)NC(C)=O. The van der Waals surface area contributed by atoms with Crippen LogP contribution in [0.25, 0.3) is 6.08 Å². The minimum atomic E-state index is -0.988. The second-order valence-corrected chi connectivity index (χ2v) is 5.96. The molecule has 1 unspecified atom stereocenters. The van der Waals surface area contributed by atoms with Gasteiger partial charge >= 0.3 is 5.97 Å². The first-order chi connectivity index (χ1) is 12.9. The van der Waals surface area contributed by atoms with Crippen LogP contribution in [0.2, 0.25) is 0 Å². The third kappa shape index (κ3) is 5.67. The predicted octanol–water partition coefficient (Wildman–Crippen LogP) is 0.444. The zero-order valence-corrected chi connectivity index (χ0v) is 15.4. The van der Waals surface area contributed by atoms with Gasteiger partial charge in [-0.25, -0.2) is 0 Å². The Labute approximate surface area is 157 Å². The molecular formula is C19H23N3O5. The largest absolute Gasteiger partial charge is 0.466 e. The maximum atomic E-state index is 13.0. The van der Waals surface area contributed by atoms with Crippen LogP contribution in [0.3, 0.4) is 0 Å². The van der Waals surface area contributed by atoms with Crippen LogP contribution in [0.1, 0.15) is 25.8 Å². The topological polar surface area (TPSA) is 105 Å². The molecule has 1 aromatic rings. The number of nitrogens with one attached hydrogen (secondary N) is 2. The molecule has 8 nitrogen and oxygen atoms in total. The Kier molecular flexibility index (Phi) is 7.10. The van der Waals surface area contributed by atoms with Crippen molar-refractivity contribution >= 4 is 29.8 Å². The number of benzene rings is 1. The highest BCUT2D eigenvalue weighted by Crippen LogP contribution is 2.15. The van der Waals surface area contributed by atoms with E-state index in [4.69, 9.17) is 4.74 Å². The average molecular weight is 373 g/mol. The van der Waals surface area contributed by atoms with E-state index in [1.165, 1.54) is 17.9 Å². The fourth-order valence-corrected chi connectivity index (χ4v) is 2.75. The highest BCUT2D eigenvalue weighted by atomic mass is 16.5. The smallest absolute Gasteiger partial charge is 0.308 e. The number of carbonyl (C=O) groups is 4. The van der Waals surface area contributed by atoms with E-state index < -0.39 is 29.7 Å². The standard InChI is InChI=1S/C19H23N3O5/c1-3-27-17(24)12-16-18(25)20-9-10-22(16)19(26)15(21-13(2)23)11-14-7-5-4-6-8-14/h4-8,11,16H,3,9-10,12H2,1-2H3,(H,20,25)(H,21,23)/b15-11-. The molecule has 1 saturated heterocycles. The molecule has 0 aliphatic carbocycles. The minimum absolute atomic E-state index is 0.0391. The number of piperazine rings is 1. The number of rotatable bonds is 6. The Hall–Kier alpha value is -3.16. The fraction of sp³-hybridized carbons (Fsp3) is 0.368. The molecule has 2 N–H and O–H groups in total. The van der Waals surface area contributed by atoms with Gasteiger partial charge in [-0.15, -0.1) is 0 Å². The molecule has 1 aliphatic heterocycles. The maximum Gasteiger partial charge on any atom is 0.308 e. The van der Waals surface area contributed by atoms with Gasteiger partial charge in [0.2, 0.25) is 11.8 Å². The van der Waals surface area contributed by atoms with Crippen LogP contribution in [0.15, 0.2) is 36.0 Å². The Bertz CT molecular complexity index is 745. The van der Waals surface area contributed by atoms with Crippen LogP contribution in [-0.4, -0.2) is 54.3 Å². The number of amides is 3. The molecule has 144 valence electrons. The monoisotopic (exact) mass is 373 g/mol. The molecule has 1 fully saturated rings. The molecule has 0 radical (unpaired) electrons. The van der Waals surface area contributed by atoms with Gasteiger partial charge in [0, 0.05) is 20.0 Å². The van der Waals surface area contributed by atoms with Crippen molar-refractivity contribution in [3.8, 4) is 0 Å². The Morgan fingerprint density at radius 2 is 2.00 bits per heavy atom. The van der Waals surface area contributed by atoms with Crippen molar-refractivity contribution in [2.24, 2.45) is 0 Å². The number of ether oxygens (including phenoxy) is 1. The molecule has 1 aliphatic rings. The lowest BCUT2D eigenvalue weighted by Crippen LogP contribution is -2.58. The summed E-state index contributed by atoms with van der Waals surface area (Å²) in [7, 11) is 0. The number of carbonyl (C=O) groups excluding carboxylic acids is 4. The normalized spacial score (nSPS) is 17.1. The summed E-state index contributed by atoms with van der Waals surface area (Å²) in [6.07, 6.45) is 1.29. The third-order valence-corrected chi connectivity index (χ3v) is 3.91. The van der Waals surface area contributed by atoms with Crippen LogP contribution in [-0.2, 0) is 23.9 Å². The minimum Gasteiger partial charge on any atom is -0.466 e. The molecule has 0 saturated carbocycles. The van der Waals surface area contributed by atoms with Crippen molar-refractivity contribution in [2.75, 3.05) is 19.7 Å². The first kappa shape index (κ1) is 20.2. The number of hydrogen-bond acceptors (Lipinski definition) is 5. The molecule has 2 rings (SSSR count). The van der Waals surface area contributed by atoms with E-state index in [1.807, 2.05) is 6.07 Å². The van der Waals surface area contributed by atoms with Crippen molar-refractivity contribution in [3.05, 3.63) is 41.6 Å². The summed E-state index contributed by atoms with van der Waals surface area (Å²) < 4.78 is 4.90. The number of hydrogen-bond donors (Lipinski definition) is 2. The second kappa shape index (κ2) is 9.51. The van der Waals surface area contributed by atoms with Gasteiger partial charge in [-0.3, -0.25) is 19.2 Å². The molecule has 0 aromatic heterocycles. The van der Waals surface area contributed by atoms with E-state index in [0.717, 1.165) is 5.56 Å². The van der Waals surface area contributed by atoms with Crippen LogP contribution >= 0.6 is 0 Å². The van der Waals surface area contributed by atoms with Crippen LogP contribution in [0.5, 0.6) is 0 Å². The zero-order valence-electron chi connectivity index (χ0n) is 15.4. The summed E-state index contributed by atoms with van der Waals surface area (Å²) in [4.78, 5) is 50.0. The fourth-order valence-electron chi connectivity index (χ4n) is 2.75. The molecule has 0 spiro atoms. The van der Waals surface area contributed by atoms with E-state index in [9.17, 15) is 19.2 Å². The summed E-state index contributed by atoms with van der Waals surface area (Å²) in [5.74, 6) is -1.93. The lowest BCUT2D eigenvalue weighted by molar-refractivity contribution is -0.150. The Morgan fingerprint density at radius 3 is 2.63 bits per heavy atom. The molecule has 3 amide bonds. The molecule has 1 aromatic carbocycles. The van der Waals surface area contributed by atoms with Crippen molar-refractivity contribution in [1.82, 2.24) is 15.5 Å². The van der Waals surface area contributed by atoms with Gasteiger partial charge < -0.3 is 20.3 Å². The van der Waals surface area contributed by atoms with Crippen LogP contribution in [0.4, 0.5) is 0 Å². The van der Waals surface area contributed by atoms with E-state index in [0.29, 0.717) is 0 Å². The number of nitrogens with zero attached hydrogens (tertiary/aromatic N) is 1. The van der Waals surface area contributed by atoms with E-state index >= 15 is 0 Å². The highest BCUT2D eigenvalue weighted by Gasteiger charge is 2.36. The van der Waals surface area contributed by atoms with E-state index in [-0.39, 0.29) is 31.8 Å². The average Bonchev–Trinajstić information content (AvgIpc) is 2.63. The zero-order chi connectivity index (χ0) is 19.8. The van der Waals surface area contributed by atoms with Gasteiger partial charge in [0.25, 0.3) is 5.91 Å². The quantitative estimate of drug-likeness (QED) is 0.556. The van der Waals surface area contributed by atoms with E-state index in [1.54, 1.807) is 31.2 Å². The van der Waals surface area contributed by atoms with Crippen LogP contribution < -0.4 is 10.6 Å². The molecular weight excluding hydrogens is 350 g/mol. The second-order valence-electron chi connectivity index (χ2n) is 5.96. The van der Waals surface area contributed by atoms with Gasteiger partial charge in [0.05, 0.1) is 13.0 Å². The summed E-state index contributed by atoms with van der Waals surface area (Å²) in [6, 6.07) is 8.03.